The van der Waals surface area contributed by atoms with E-state index >= 15 is 0 Å². The third-order valence-corrected chi connectivity index (χ3v) is 9.74. The van der Waals surface area contributed by atoms with E-state index in [1.54, 1.807) is 12.5 Å². The number of hydrogen-bond donors (Lipinski definition) is 0. The first-order valence-electron chi connectivity index (χ1n) is 4.26. The summed E-state index contributed by atoms with van der Waals surface area (Å²) >= 11 is -2.06. The van der Waals surface area contributed by atoms with E-state index in [9.17, 15) is 0 Å². The van der Waals surface area contributed by atoms with Crippen molar-refractivity contribution in [3.63, 3.8) is 0 Å². The predicted molar refractivity (Wildman–Crippen MR) is 54.2 cm³/mol. The van der Waals surface area contributed by atoms with Gasteiger partial charge in [0.15, 0.2) is 0 Å². The Morgan fingerprint density at radius 1 is 0.923 bits per heavy atom. The Bertz CT molecular complexity index is 323. The number of hydrogen-bond acceptors (Lipinski definition) is 2. The van der Waals surface area contributed by atoms with Gasteiger partial charge in [0.1, 0.15) is 0 Å². The molecule has 3 heteroatoms. The minimum atomic E-state index is -2.06. The molecule has 0 amide bonds. The molecule has 0 N–H and O–H groups in total. The number of furan rings is 2. The summed E-state index contributed by atoms with van der Waals surface area (Å²) in [6, 6.07) is 4.12. The van der Waals surface area contributed by atoms with Crippen LogP contribution in [0, 0.1) is 0 Å². The maximum atomic E-state index is 5.12. The molecule has 0 atom stereocenters. The first-order chi connectivity index (χ1) is 6.21. The Labute approximate surface area is 79.9 Å². The van der Waals surface area contributed by atoms with E-state index in [0.29, 0.717) is 0 Å². The molecular formula is C10H12GeO2. The first kappa shape index (κ1) is 8.69. The van der Waals surface area contributed by atoms with Crippen molar-refractivity contribution in [2.75, 3.05) is 0 Å². The van der Waals surface area contributed by atoms with Gasteiger partial charge in [0.05, 0.1) is 0 Å². The van der Waals surface area contributed by atoms with Gasteiger partial charge in [-0.2, -0.15) is 0 Å². The molecule has 0 aromatic carbocycles. The zero-order valence-electron chi connectivity index (χ0n) is 7.78. The Balaban J connectivity index is 2.42. The van der Waals surface area contributed by atoms with Gasteiger partial charge in [-0.25, -0.2) is 0 Å². The molecule has 2 nitrogen and oxygen atoms in total. The van der Waals surface area contributed by atoms with Gasteiger partial charge < -0.3 is 0 Å². The second-order valence-corrected chi connectivity index (χ2v) is 12.9. The van der Waals surface area contributed by atoms with Crippen molar-refractivity contribution in [3.05, 3.63) is 37.2 Å². The summed E-state index contributed by atoms with van der Waals surface area (Å²) in [4.78, 5) is 0. The molecule has 13 heavy (non-hydrogen) atoms. The fraction of sp³-hybridized carbons (Fsp3) is 0.200. The molecule has 2 aromatic heterocycles. The van der Waals surface area contributed by atoms with Crippen LogP contribution in [0.3, 0.4) is 0 Å². The van der Waals surface area contributed by atoms with E-state index in [1.807, 2.05) is 12.5 Å². The van der Waals surface area contributed by atoms with Crippen LogP contribution in [0.2, 0.25) is 11.5 Å². The van der Waals surface area contributed by atoms with E-state index < -0.39 is 13.3 Å². The third kappa shape index (κ3) is 1.46. The summed E-state index contributed by atoms with van der Waals surface area (Å²) in [6.45, 7) is 0. The average Bonchev–Trinajstić information content (AvgIpc) is 2.78. The van der Waals surface area contributed by atoms with Crippen LogP contribution in [-0.2, 0) is 0 Å². The molecule has 68 valence electrons. The van der Waals surface area contributed by atoms with Crippen LogP contribution in [0.1, 0.15) is 0 Å². The van der Waals surface area contributed by atoms with Crippen molar-refractivity contribution in [2.24, 2.45) is 0 Å². The summed E-state index contributed by atoms with van der Waals surface area (Å²) in [5.74, 6) is 4.66. The Morgan fingerprint density at radius 2 is 1.38 bits per heavy atom. The topological polar surface area (TPSA) is 26.3 Å². The van der Waals surface area contributed by atoms with Gasteiger partial charge in [-0.1, -0.05) is 0 Å². The Morgan fingerprint density at radius 3 is 1.69 bits per heavy atom. The van der Waals surface area contributed by atoms with Crippen molar-refractivity contribution < 1.29 is 8.83 Å². The Hall–Kier alpha value is -0.897. The van der Waals surface area contributed by atoms with Gasteiger partial charge in [0.2, 0.25) is 0 Å². The zero-order chi connectivity index (χ0) is 9.31. The molecule has 0 fully saturated rings. The molecule has 2 aromatic rings. The molecule has 0 saturated carbocycles. The van der Waals surface area contributed by atoms with E-state index in [-0.39, 0.29) is 0 Å². The van der Waals surface area contributed by atoms with Gasteiger partial charge in [-0.05, 0) is 0 Å². The molecular weight excluding hydrogens is 225 g/mol. The van der Waals surface area contributed by atoms with Crippen LogP contribution in [0.4, 0.5) is 0 Å². The zero-order valence-corrected chi connectivity index (χ0v) is 9.88. The monoisotopic (exact) mass is 238 g/mol. The SMILES string of the molecule is [CH3][Ge]([CH3])([c]1ccoc1)[c]1ccoc1. The standard InChI is InChI=1S/C10H12GeO2/c1-11(2,9-3-5-12-7-9)10-4-6-13-8-10/h3-8H,1-2H3. The van der Waals surface area contributed by atoms with E-state index in [1.165, 1.54) is 8.79 Å². The molecule has 0 spiro atoms. The average molecular weight is 237 g/mol. The molecule has 0 saturated heterocycles. The summed E-state index contributed by atoms with van der Waals surface area (Å²) in [6.07, 6.45) is 7.19. The van der Waals surface area contributed by atoms with E-state index in [4.69, 9.17) is 8.83 Å². The molecule has 0 aliphatic carbocycles. The predicted octanol–water partition coefficient (Wildman–Crippen LogP) is 1.70. The fourth-order valence-corrected chi connectivity index (χ4v) is 5.66. The molecule has 2 heterocycles. The van der Waals surface area contributed by atoms with E-state index in [0.717, 1.165) is 0 Å². The molecule has 0 unspecified atom stereocenters. The van der Waals surface area contributed by atoms with Gasteiger partial charge in [-0.3, -0.25) is 0 Å². The molecule has 0 radical (unpaired) electrons. The summed E-state index contributed by atoms with van der Waals surface area (Å²) in [5, 5.41) is 0. The van der Waals surface area contributed by atoms with Gasteiger partial charge >= 0.3 is 79.6 Å². The van der Waals surface area contributed by atoms with Crippen molar-refractivity contribution >= 4 is 22.1 Å². The van der Waals surface area contributed by atoms with Crippen molar-refractivity contribution in [1.82, 2.24) is 0 Å². The van der Waals surface area contributed by atoms with Crippen molar-refractivity contribution in [3.8, 4) is 0 Å². The van der Waals surface area contributed by atoms with E-state index in [2.05, 4.69) is 23.6 Å². The minimum absolute atomic E-state index is 1.35. The molecule has 0 bridgehead atoms. The van der Waals surface area contributed by atoms with Gasteiger partial charge in [-0.15, -0.1) is 0 Å². The summed E-state index contributed by atoms with van der Waals surface area (Å²) in [7, 11) is 0. The third-order valence-electron chi connectivity index (χ3n) is 2.49. The van der Waals surface area contributed by atoms with Crippen LogP contribution in [-0.4, -0.2) is 13.3 Å². The normalized spacial score (nSPS) is 11.8. The van der Waals surface area contributed by atoms with Gasteiger partial charge in [0.25, 0.3) is 0 Å². The first-order valence-corrected chi connectivity index (χ1v) is 10.6. The van der Waals surface area contributed by atoms with Crippen LogP contribution in [0.15, 0.2) is 46.0 Å². The van der Waals surface area contributed by atoms with Crippen LogP contribution < -0.4 is 8.79 Å². The number of rotatable bonds is 2. The molecule has 2 rings (SSSR count). The second-order valence-electron chi connectivity index (χ2n) is 3.65. The quantitative estimate of drug-likeness (QED) is 0.742. The van der Waals surface area contributed by atoms with Crippen molar-refractivity contribution in [1.29, 1.82) is 0 Å². The summed E-state index contributed by atoms with van der Waals surface area (Å²) < 4.78 is 12.9. The maximum absolute atomic E-state index is 5.12. The second kappa shape index (κ2) is 3.11. The Kier molecular flexibility index (Phi) is 2.08. The van der Waals surface area contributed by atoms with Crippen molar-refractivity contribution in [2.45, 2.75) is 11.5 Å². The van der Waals surface area contributed by atoms with Crippen LogP contribution >= 0.6 is 0 Å². The van der Waals surface area contributed by atoms with Gasteiger partial charge in [0, 0.05) is 0 Å². The van der Waals surface area contributed by atoms with Crippen LogP contribution in [0.25, 0.3) is 0 Å². The fourth-order valence-electron chi connectivity index (χ4n) is 1.41. The molecule has 0 aliphatic rings. The summed E-state index contributed by atoms with van der Waals surface area (Å²) in [5.41, 5.74) is 0. The van der Waals surface area contributed by atoms with Crippen LogP contribution in [0.5, 0.6) is 0 Å². The molecule has 0 aliphatic heterocycles.